The highest BCUT2D eigenvalue weighted by atomic mass is 16.6. The number of Topliss-reactive ketones (excluding diaryl/α,β-unsaturated/α-hetero) is 2. The molecule has 2 rings (SSSR count). The van der Waals surface area contributed by atoms with Gasteiger partial charge in [-0.2, -0.15) is 0 Å². The van der Waals surface area contributed by atoms with Gasteiger partial charge in [0.25, 0.3) is 0 Å². The first-order valence-electron chi connectivity index (χ1n) is 9.57. The van der Waals surface area contributed by atoms with Crippen LogP contribution in [0.3, 0.4) is 0 Å². The monoisotopic (exact) mass is 400 g/mol. The van der Waals surface area contributed by atoms with Crippen molar-refractivity contribution in [1.29, 1.82) is 0 Å². The summed E-state index contributed by atoms with van der Waals surface area (Å²) in [6.07, 6.45) is -0.695. The molecule has 0 bridgehead atoms. The molecule has 1 aliphatic rings. The Bertz CT molecular complexity index is 877. The maximum Gasteiger partial charge on any atom is 0.408 e. The van der Waals surface area contributed by atoms with Gasteiger partial charge in [0.15, 0.2) is 11.6 Å². The van der Waals surface area contributed by atoms with E-state index in [0.717, 1.165) is 0 Å². The van der Waals surface area contributed by atoms with Crippen molar-refractivity contribution in [3.63, 3.8) is 0 Å². The fourth-order valence-corrected chi connectivity index (χ4v) is 3.02. The molecule has 2 N–H and O–H groups in total. The first-order valence-corrected chi connectivity index (χ1v) is 9.57. The average Bonchev–Trinajstić information content (AvgIpc) is 2.62. The Kier molecular flexibility index (Phi) is 6.62. The minimum atomic E-state index is -0.840. The summed E-state index contributed by atoms with van der Waals surface area (Å²) in [6, 6.07) is 5.78. The van der Waals surface area contributed by atoms with Crippen LogP contribution in [0.4, 0.5) is 4.79 Å². The van der Waals surface area contributed by atoms with Crippen molar-refractivity contribution in [2.75, 3.05) is 6.54 Å². The highest BCUT2D eigenvalue weighted by molar-refractivity contribution is 6.26. The van der Waals surface area contributed by atoms with Crippen LogP contribution in [0.1, 0.15) is 62.3 Å². The van der Waals surface area contributed by atoms with Crippen LogP contribution in [0.25, 0.3) is 0 Å². The van der Waals surface area contributed by atoms with Crippen LogP contribution >= 0.6 is 0 Å². The maximum absolute atomic E-state index is 12.8. The van der Waals surface area contributed by atoms with E-state index in [9.17, 15) is 19.2 Å². The lowest BCUT2D eigenvalue weighted by atomic mass is 9.84. The van der Waals surface area contributed by atoms with Crippen molar-refractivity contribution in [2.24, 2.45) is 5.92 Å². The summed E-state index contributed by atoms with van der Waals surface area (Å²) in [5, 5.41) is 5.24. The molecule has 0 fully saturated rings. The van der Waals surface area contributed by atoms with Crippen molar-refractivity contribution < 1.29 is 23.9 Å². The number of ether oxygens (including phenoxy) is 1. The topological polar surface area (TPSA) is 102 Å². The Morgan fingerprint density at radius 1 is 1.03 bits per heavy atom. The second-order valence-corrected chi connectivity index (χ2v) is 8.39. The minimum Gasteiger partial charge on any atom is -0.444 e. The molecule has 7 nitrogen and oxygen atoms in total. The van der Waals surface area contributed by atoms with Crippen molar-refractivity contribution in [1.82, 2.24) is 10.6 Å². The van der Waals surface area contributed by atoms with Crippen molar-refractivity contribution in [3.8, 4) is 0 Å². The van der Waals surface area contributed by atoms with Crippen LogP contribution < -0.4 is 10.6 Å². The molecule has 0 heterocycles. The molecule has 0 spiro atoms. The van der Waals surface area contributed by atoms with Gasteiger partial charge in [-0.05, 0) is 33.6 Å². The summed E-state index contributed by atoms with van der Waals surface area (Å²) in [5.41, 5.74) is 0.583. The van der Waals surface area contributed by atoms with E-state index in [1.165, 1.54) is 0 Å². The lowest BCUT2D eigenvalue weighted by molar-refractivity contribution is -0.124. The van der Waals surface area contributed by atoms with E-state index in [-0.39, 0.29) is 29.6 Å². The molecule has 7 heteroatoms. The summed E-state index contributed by atoms with van der Waals surface area (Å²) in [5.74, 6) is -1.16. The number of carbonyl (C=O) groups excluding carboxylic acids is 4. The molecule has 29 heavy (non-hydrogen) atoms. The van der Waals surface area contributed by atoms with E-state index in [1.54, 1.807) is 65.8 Å². The molecule has 0 unspecified atom stereocenters. The number of carbonyl (C=O) groups is 4. The van der Waals surface area contributed by atoms with E-state index in [2.05, 4.69) is 10.6 Å². The van der Waals surface area contributed by atoms with E-state index in [0.29, 0.717) is 16.7 Å². The first kappa shape index (κ1) is 22.3. The van der Waals surface area contributed by atoms with Crippen molar-refractivity contribution in [2.45, 2.75) is 53.2 Å². The zero-order valence-electron chi connectivity index (χ0n) is 17.7. The number of amides is 2. The van der Waals surface area contributed by atoms with Gasteiger partial charge in [-0.3, -0.25) is 14.4 Å². The molecule has 0 saturated carbocycles. The highest BCUT2D eigenvalue weighted by Crippen LogP contribution is 2.25. The molecule has 1 aliphatic carbocycles. The first-order chi connectivity index (χ1) is 13.4. The van der Waals surface area contributed by atoms with Gasteiger partial charge in [-0.15, -0.1) is 0 Å². The maximum atomic E-state index is 12.8. The molecule has 1 aromatic carbocycles. The lowest BCUT2D eigenvalue weighted by Gasteiger charge is -2.26. The number of benzene rings is 1. The molecule has 0 saturated heterocycles. The van der Waals surface area contributed by atoms with Gasteiger partial charge in [0.2, 0.25) is 5.91 Å². The van der Waals surface area contributed by atoms with Gasteiger partial charge in [0.1, 0.15) is 11.6 Å². The number of rotatable bonds is 5. The van der Waals surface area contributed by atoms with Gasteiger partial charge in [-0.25, -0.2) is 4.79 Å². The van der Waals surface area contributed by atoms with Crippen LogP contribution in [-0.2, 0) is 9.53 Å². The second-order valence-electron chi connectivity index (χ2n) is 8.39. The summed E-state index contributed by atoms with van der Waals surface area (Å²) >= 11 is 0. The fraction of sp³-hybridized carbons (Fsp3) is 0.455. The summed E-state index contributed by atoms with van der Waals surface area (Å²) in [6.45, 7) is 10.3. The molecule has 0 aliphatic heterocycles. The molecular formula is C22H28N2O5. The zero-order chi connectivity index (χ0) is 21.9. The van der Waals surface area contributed by atoms with E-state index >= 15 is 0 Å². The van der Waals surface area contributed by atoms with E-state index in [1.807, 2.05) is 0 Å². The smallest absolute Gasteiger partial charge is 0.408 e. The van der Waals surface area contributed by atoms with Gasteiger partial charge in [0.05, 0.1) is 0 Å². The standard InChI is InChI=1S/C22H28N2O5/c1-12(2)17(24-21(28)29-22(4,5)6)20(27)23-11-16-13(3)18(25)14-9-7-8-10-15(14)19(16)26/h7-10,12,17H,11H2,1-6H3,(H,23,27)(H,24,28)/t17-/m1/s1. The van der Waals surface area contributed by atoms with Crippen LogP contribution in [-0.4, -0.2) is 41.8 Å². The third-order valence-corrected chi connectivity index (χ3v) is 4.54. The van der Waals surface area contributed by atoms with Gasteiger partial charge in [-0.1, -0.05) is 38.1 Å². The quantitative estimate of drug-likeness (QED) is 0.791. The Labute approximate surface area is 170 Å². The number of fused-ring (bicyclic) bond motifs is 1. The minimum absolute atomic E-state index is 0.0945. The Hall–Kier alpha value is -2.96. The molecule has 156 valence electrons. The van der Waals surface area contributed by atoms with E-state index in [4.69, 9.17) is 4.74 Å². The molecule has 1 atom stereocenters. The molecule has 0 radical (unpaired) electrons. The van der Waals surface area contributed by atoms with Gasteiger partial charge in [0, 0.05) is 28.8 Å². The third-order valence-electron chi connectivity index (χ3n) is 4.54. The van der Waals surface area contributed by atoms with Crippen LogP contribution in [0.5, 0.6) is 0 Å². The normalized spacial score (nSPS) is 15.1. The predicted molar refractivity (Wildman–Crippen MR) is 109 cm³/mol. The summed E-state index contributed by atoms with van der Waals surface area (Å²) in [4.78, 5) is 50.0. The Morgan fingerprint density at radius 2 is 1.59 bits per heavy atom. The number of alkyl carbamates (subject to hydrolysis) is 1. The average molecular weight is 400 g/mol. The molecule has 2 amide bonds. The molecule has 0 aromatic heterocycles. The second kappa shape index (κ2) is 8.59. The van der Waals surface area contributed by atoms with Crippen molar-refractivity contribution >= 4 is 23.6 Å². The number of hydrogen-bond acceptors (Lipinski definition) is 5. The Balaban J connectivity index is 2.12. The number of ketones is 2. The molecular weight excluding hydrogens is 372 g/mol. The van der Waals surface area contributed by atoms with Crippen molar-refractivity contribution in [3.05, 3.63) is 46.5 Å². The Morgan fingerprint density at radius 3 is 2.10 bits per heavy atom. The molecule has 1 aromatic rings. The van der Waals surface area contributed by atoms with Gasteiger partial charge < -0.3 is 15.4 Å². The fourth-order valence-electron chi connectivity index (χ4n) is 3.02. The number of nitrogens with one attached hydrogen (secondary N) is 2. The summed E-state index contributed by atoms with van der Waals surface area (Å²) in [7, 11) is 0. The summed E-state index contributed by atoms with van der Waals surface area (Å²) < 4.78 is 5.21. The van der Waals surface area contributed by atoms with Gasteiger partial charge >= 0.3 is 6.09 Å². The van der Waals surface area contributed by atoms with Crippen LogP contribution in [0.2, 0.25) is 0 Å². The predicted octanol–water partition coefficient (Wildman–Crippen LogP) is 3.05. The lowest BCUT2D eigenvalue weighted by Crippen LogP contribution is -2.51. The van der Waals surface area contributed by atoms with E-state index < -0.39 is 23.6 Å². The van der Waals surface area contributed by atoms with Crippen LogP contribution in [0.15, 0.2) is 35.4 Å². The number of hydrogen-bond donors (Lipinski definition) is 2. The third kappa shape index (κ3) is 5.31. The SMILES string of the molecule is CC1=C(CNC(=O)[C@H](NC(=O)OC(C)(C)C)C(C)C)C(=O)c2ccccc2C1=O. The zero-order valence-corrected chi connectivity index (χ0v) is 17.7. The number of allylic oxidation sites excluding steroid dienone is 1. The van der Waals surface area contributed by atoms with Crippen LogP contribution in [0, 0.1) is 5.92 Å². The highest BCUT2D eigenvalue weighted by Gasteiger charge is 2.31. The largest absolute Gasteiger partial charge is 0.444 e.